The average molecular weight is 310 g/mol. The van der Waals surface area contributed by atoms with E-state index in [9.17, 15) is 4.79 Å². The molecule has 1 amide bonds. The maximum Gasteiger partial charge on any atom is 0.261 e. The lowest BCUT2D eigenvalue weighted by molar-refractivity contribution is 0.0933. The fourth-order valence-electron chi connectivity index (χ4n) is 2.01. The molecule has 0 aromatic carbocycles. The maximum atomic E-state index is 12.2. The van der Waals surface area contributed by atoms with E-state index in [0.29, 0.717) is 15.6 Å². The molecular formula is C13H18N4OS2. The minimum Gasteiger partial charge on any atom is -0.341 e. The van der Waals surface area contributed by atoms with Crippen molar-refractivity contribution in [2.45, 2.75) is 26.3 Å². The summed E-state index contributed by atoms with van der Waals surface area (Å²) in [4.78, 5) is 12.9. The molecule has 2 heterocycles. The molecule has 108 valence electrons. The van der Waals surface area contributed by atoms with Gasteiger partial charge in [-0.3, -0.25) is 9.89 Å². The first-order chi connectivity index (χ1) is 9.49. The monoisotopic (exact) mass is 310 g/mol. The van der Waals surface area contributed by atoms with Gasteiger partial charge in [-0.05, 0) is 36.0 Å². The van der Waals surface area contributed by atoms with Crippen molar-refractivity contribution in [2.75, 3.05) is 0 Å². The van der Waals surface area contributed by atoms with Gasteiger partial charge in [-0.25, -0.2) is 0 Å². The van der Waals surface area contributed by atoms with Crippen molar-refractivity contribution in [1.82, 2.24) is 20.1 Å². The van der Waals surface area contributed by atoms with Crippen LogP contribution in [0.5, 0.6) is 0 Å². The summed E-state index contributed by atoms with van der Waals surface area (Å²) < 4.78 is 2.36. The Hall–Kier alpha value is -1.47. The van der Waals surface area contributed by atoms with Gasteiger partial charge < -0.3 is 9.88 Å². The molecule has 20 heavy (non-hydrogen) atoms. The second-order valence-electron chi connectivity index (χ2n) is 5.08. The van der Waals surface area contributed by atoms with E-state index in [1.807, 2.05) is 24.6 Å². The molecule has 2 N–H and O–H groups in total. The fraction of sp³-hybridized carbons (Fsp3) is 0.462. The van der Waals surface area contributed by atoms with Crippen LogP contribution in [-0.4, -0.2) is 20.7 Å². The van der Waals surface area contributed by atoms with E-state index in [0.717, 1.165) is 12.2 Å². The highest BCUT2D eigenvalue weighted by Gasteiger charge is 2.21. The van der Waals surface area contributed by atoms with Crippen molar-refractivity contribution >= 4 is 29.5 Å². The Morgan fingerprint density at radius 3 is 2.85 bits per heavy atom. The highest BCUT2D eigenvalue weighted by Crippen LogP contribution is 2.20. The van der Waals surface area contributed by atoms with Gasteiger partial charge in [0, 0.05) is 7.05 Å². The van der Waals surface area contributed by atoms with Crippen LogP contribution in [0.25, 0.3) is 0 Å². The summed E-state index contributed by atoms with van der Waals surface area (Å²) >= 11 is 6.56. The van der Waals surface area contributed by atoms with Gasteiger partial charge in [0.05, 0.1) is 10.9 Å². The van der Waals surface area contributed by atoms with Gasteiger partial charge in [-0.2, -0.15) is 5.10 Å². The maximum absolute atomic E-state index is 12.2. The quantitative estimate of drug-likeness (QED) is 0.834. The van der Waals surface area contributed by atoms with E-state index in [2.05, 4.69) is 29.4 Å². The summed E-state index contributed by atoms with van der Waals surface area (Å²) in [6, 6.07) is 3.53. The average Bonchev–Trinajstić information content (AvgIpc) is 3.00. The molecule has 0 aliphatic carbocycles. The van der Waals surface area contributed by atoms with Gasteiger partial charge in [0.25, 0.3) is 5.91 Å². The lowest BCUT2D eigenvalue weighted by Gasteiger charge is -2.19. The number of nitrogens with one attached hydrogen (secondary N) is 2. The molecule has 1 atom stereocenters. The molecule has 5 nitrogen and oxygen atoms in total. The van der Waals surface area contributed by atoms with Crippen LogP contribution < -0.4 is 5.32 Å². The number of thiophene rings is 1. The number of amides is 1. The molecule has 0 saturated carbocycles. The molecule has 2 aromatic heterocycles. The lowest BCUT2D eigenvalue weighted by atomic mass is 10.0. The van der Waals surface area contributed by atoms with E-state index >= 15 is 0 Å². The normalized spacial score (nSPS) is 12.6. The van der Waals surface area contributed by atoms with E-state index < -0.39 is 0 Å². The van der Waals surface area contributed by atoms with Gasteiger partial charge >= 0.3 is 0 Å². The van der Waals surface area contributed by atoms with Crippen molar-refractivity contribution in [3.8, 4) is 0 Å². The molecule has 0 spiro atoms. The van der Waals surface area contributed by atoms with E-state index in [4.69, 9.17) is 12.2 Å². The molecule has 0 aliphatic heterocycles. The van der Waals surface area contributed by atoms with Crippen LogP contribution in [0.2, 0.25) is 0 Å². The summed E-state index contributed by atoms with van der Waals surface area (Å²) in [5.74, 6) is 1.13. The fourth-order valence-corrected chi connectivity index (χ4v) is 2.77. The second-order valence-corrected chi connectivity index (χ2v) is 6.41. The van der Waals surface area contributed by atoms with Crippen molar-refractivity contribution < 1.29 is 4.79 Å². The SMILES string of the molecule is CC(C)CC(NC(=O)c1cccs1)c1n[nH]c(=S)n1C. The number of hydrogen-bond acceptors (Lipinski definition) is 4. The zero-order valence-corrected chi connectivity index (χ0v) is 13.3. The van der Waals surface area contributed by atoms with Gasteiger partial charge in [0.1, 0.15) is 0 Å². The Kier molecular flexibility index (Phi) is 4.72. The molecule has 7 heteroatoms. The lowest BCUT2D eigenvalue weighted by Crippen LogP contribution is -2.30. The Balaban J connectivity index is 2.22. The first kappa shape index (κ1) is 14.9. The third-order valence-electron chi connectivity index (χ3n) is 2.98. The van der Waals surface area contributed by atoms with Crippen molar-refractivity contribution in [3.05, 3.63) is 33.0 Å². The Bertz CT molecular complexity index is 627. The molecule has 0 fully saturated rings. The largest absolute Gasteiger partial charge is 0.341 e. The van der Waals surface area contributed by atoms with E-state index in [1.165, 1.54) is 11.3 Å². The first-order valence-electron chi connectivity index (χ1n) is 6.44. The summed E-state index contributed by atoms with van der Waals surface area (Å²) in [5.41, 5.74) is 0. The molecule has 1 unspecified atom stereocenters. The van der Waals surface area contributed by atoms with Crippen LogP contribution in [0.15, 0.2) is 17.5 Å². The molecular weight excluding hydrogens is 292 g/mol. The molecule has 2 rings (SSSR count). The number of nitrogens with zero attached hydrogens (tertiary/aromatic N) is 2. The van der Waals surface area contributed by atoms with Crippen molar-refractivity contribution in [1.29, 1.82) is 0 Å². The summed E-state index contributed by atoms with van der Waals surface area (Å²) in [6.45, 7) is 4.23. The molecule has 0 radical (unpaired) electrons. The predicted octanol–water partition coefficient (Wildman–Crippen LogP) is 3.06. The van der Waals surface area contributed by atoms with Gasteiger partial charge in [0.2, 0.25) is 0 Å². The third kappa shape index (κ3) is 3.34. The van der Waals surface area contributed by atoms with Crippen molar-refractivity contribution in [3.63, 3.8) is 0 Å². The number of carbonyl (C=O) groups excluding carboxylic acids is 1. The van der Waals surface area contributed by atoms with Gasteiger partial charge in [-0.1, -0.05) is 19.9 Å². The highest BCUT2D eigenvalue weighted by atomic mass is 32.1. The predicted molar refractivity (Wildman–Crippen MR) is 82.4 cm³/mol. The number of aromatic amines is 1. The van der Waals surface area contributed by atoms with Crippen LogP contribution in [0, 0.1) is 10.7 Å². The van der Waals surface area contributed by atoms with E-state index in [-0.39, 0.29) is 11.9 Å². The van der Waals surface area contributed by atoms with Crippen LogP contribution in [0.4, 0.5) is 0 Å². The number of aromatic nitrogens is 3. The number of carbonyl (C=O) groups is 1. The van der Waals surface area contributed by atoms with Gasteiger partial charge in [-0.15, -0.1) is 11.3 Å². The smallest absolute Gasteiger partial charge is 0.261 e. The molecule has 0 aliphatic rings. The molecule has 0 saturated heterocycles. The zero-order chi connectivity index (χ0) is 14.7. The summed E-state index contributed by atoms with van der Waals surface area (Å²) in [7, 11) is 1.85. The van der Waals surface area contributed by atoms with Crippen LogP contribution in [0.3, 0.4) is 0 Å². The number of H-pyrrole nitrogens is 1. The topological polar surface area (TPSA) is 62.7 Å². The number of rotatable bonds is 5. The van der Waals surface area contributed by atoms with Gasteiger partial charge in [0.15, 0.2) is 10.6 Å². The van der Waals surface area contributed by atoms with Crippen LogP contribution in [0.1, 0.15) is 41.8 Å². The molecule has 0 bridgehead atoms. The minimum atomic E-state index is -0.150. The standard InChI is InChI=1S/C13H18N4OS2/c1-8(2)7-9(11-15-16-13(19)17(11)3)14-12(18)10-5-4-6-20-10/h4-6,8-9H,7H2,1-3H3,(H,14,18)(H,16,19). The Morgan fingerprint density at radius 1 is 1.60 bits per heavy atom. The summed E-state index contributed by atoms with van der Waals surface area (Å²) in [6.07, 6.45) is 0.810. The van der Waals surface area contributed by atoms with E-state index in [1.54, 1.807) is 4.57 Å². The van der Waals surface area contributed by atoms with Crippen LogP contribution in [-0.2, 0) is 7.05 Å². The number of hydrogen-bond donors (Lipinski definition) is 2. The second kappa shape index (κ2) is 6.32. The van der Waals surface area contributed by atoms with Crippen LogP contribution >= 0.6 is 23.6 Å². The zero-order valence-electron chi connectivity index (χ0n) is 11.7. The minimum absolute atomic E-state index is 0.0698. The highest BCUT2D eigenvalue weighted by molar-refractivity contribution is 7.71. The third-order valence-corrected chi connectivity index (χ3v) is 4.22. The molecule has 2 aromatic rings. The Labute approximate surface area is 127 Å². The van der Waals surface area contributed by atoms with Crippen molar-refractivity contribution in [2.24, 2.45) is 13.0 Å². The first-order valence-corrected chi connectivity index (χ1v) is 7.73. The summed E-state index contributed by atoms with van der Waals surface area (Å²) in [5, 5.41) is 11.9. The Morgan fingerprint density at radius 2 is 2.35 bits per heavy atom.